The monoisotopic (exact) mass is 443 g/mol. The number of hydrogen-bond acceptors (Lipinski definition) is 5. The van der Waals surface area contributed by atoms with Crippen molar-refractivity contribution in [2.24, 2.45) is 0 Å². The molecule has 0 saturated heterocycles. The minimum absolute atomic E-state index is 0.00990. The number of aromatic nitrogens is 2. The topological polar surface area (TPSA) is 104 Å². The summed E-state index contributed by atoms with van der Waals surface area (Å²) >= 11 is 0. The third-order valence-corrected chi connectivity index (χ3v) is 5.32. The van der Waals surface area contributed by atoms with Crippen molar-refractivity contribution in [2.45, 2.75) is 50.4 Å². The van der Waals surface area contributed by atoms with Gasteiger partial charge in [-0.15, -0.1) is 13.2 Å². The second-order valence-electron chi connectivity index (χ2n) is 7.69. The van der Waals surface area contributed by atoms with E-state index in [9.17, 15) is 32.3 Å². The van der Waals surface area contributed by atoms with Crippen LogP contribution >= 0.6 is 0 Å². The molecule has 168 valence electrons. The van der Waals surface area contributed by atoms with Crippen LogP contribution in [0.2, 0.25) is 0 Å². The molecule has 0 spiro atoms. The van der Waals surface area contributed by atoms with E-state index in [1.807, 2.05) is 6.92 Å². The summed E-state index contributed by atoms with van der Waals surface area (Å²) in [6.07, 6.45) is -1.49. The summed E-state index contributed by atoms with van der Waals surface area (Å²) in [4.78, 5) is 31.6. The van der Waals surface area contributed by atoms with Gasteiger partial charge in [0.15, 0.2) is 11.6 Å². The van der Waals surface area contributed by atoms with Crippen molar-refractivity contribution in [1.29, 1.82) is 0 Å². The second kappa shape index (κ2) is 8.66. The molecule has 1 aliphatic carbocycles. The van der Waals surface area contributed by atoms with Crippen LogP contribution in [0.25, 0.3) is 0 Å². The van der Waals surface area contributed by atoms with Crippen molar-refractivity contribution in [3.63, 3.8) is 0 Å². The van der Waals surface area contributed by atoms with E-state index in [1.54, 1.807) is 0 Å². The van der Waals surface area contributed by atoms with Crippen molar-refractivity contribution < 1.29 is 32.2 Å². The first-order valence-electron chi connectivity index (χ1n) is 9.59. The van der Waals surface area contributed by atoms with Gasteiger partial charge in [0.1, 0.15) is 11.5 Å². The second-order valence-corrected chi connectivity index (χ2v) is 7.69. The Morgan fingerprint density at radius 1 is 1.32 bits per heavy atom. The number of rotatable bonds is 6. The van der Waals surface area contributed by atoms with Gasteiger partial charge >= 0.3 is 6.36 Å². The fourth-order valence-electron chi connectivity index (χ4n) is 3.66. The Hall–Kier alpha value is -2.95. The molecule has 31 heavy (non-hydrogen) atoms. The summed E-state index contributed by atoms with van der Waals surface area (Å²) in [6.45, 7) is 1.28. The van der Waals surface area contributed by atoms with Crippen molar-refractivity contribution in [3.8, 4) is 5.75 Å². The van der Waals surface area contributed by atoms with Gasteiger partial charge < -0.3 is 20.1 Å². The van der Waals surface area contributed by atoms with Crippen LogP contribution in [0.3, 0.4) is 0 Å². The van der Waals surface area contributed by atoms with E-state index >= 15 is 0 Å². The van der Waals surface area contributed by atoms with Gasteiger partial charge in [-0.3, -0.25) is 9.59 Å². The van der Waals surface area contributed by atoms with Gasteiger partial charge in [-0.05, 0) is 30.5 Å². The Morgan fingerprint density at radius 3 is 2.58 bits per heavy atom. The fraction of sp³-hybridized carbons (Fsp3) is 0.450. The van der Waals surface area contributed by atoms with E-state index in [-0.39, 0.29) is 16.7 Å². The van der Waals surface area contributed by atoms with Crippen LogP contribution in [0.1, 0.15) is 60.5 Å². The third kappa shape index (κ3) is 5.40. The average Bonchev–Trinajstić information content (AvgIpc) is 3.14. The smallest absolute Gasteiger partial charge is 0.403 e. The lowest BCUT2D eigenvalue weighted by Crippen LogP contribution is -2.34. The molecule has 0 radical (unpaired) electrons. The number of aliphatic hydroxyl groups is 1. The third-order valence-electron chi connectivity index (χ3n) is 5.32. The number of carbonyl (C=O) groups is 1. The van der Waals surface area contributed by atoms with Gasteiger partial charge in [-0.25, -0.2) is 9.37 Å². The maximum absolute atomic E-state index is 14.0. The van der Waals surface area contributed by atoms with Crippen LogP contribution in [0, 0.1) is 5.82 Å². The van der Waals surface area contributed by atoms with Gasteiger partial charge in [0, 0.05) is 11.5 Å². The molecular weight excluding hydrogens is 422 g/mol. The molecule has 1 unspecified atom stereocenters. The molecule has 1 aromatic carbocycles. The Bertz CT molecular complexity index is 1020. The molecule has 1 atom stereocenters. The quantitative estimate of drug-likeness (QED) is 0.596. The highest BCUT2D eigenvalue weighted by molar-refractivity contribution is 5.92. The lowest BCUT2D eigenvalue weighted by Gasteiger charge is -2.23. The predicted octanol–water partition coefficient (Wildman–Crippen LogP) is 3.10. The Labute approximate surface area is 174 Å². The molecule has 3 rings (SSSR count). The number of carbonyl (C=O) groups excluding carboxylic acids is 1. The molecule has 1 saturated carbocycles. The van der Waals surface area contributed by atoms with Crippen molar-refractivity contribution in [2.75, 3.05) is 6.61 Å². The van der Waals surface area contributed by atoms with Crippen molar-refractivity contribution in [1.82, 2.24) is 15.3 Å². The van der Waals surface area contributed by atoms with E-state index in [0.29, 0.717) is 5.82 Å². The minimum Gasteiger partial charge on any atom is -0.403 e. The van der Waals surface area contributed by atoms with Crippen molar-refractivity contribution >= 4 is 5.91 Å². The number of nitrogens with one attached hydrogen (secondary N) is 2. The summed E-state index contributed by atoms with van der Waals surface area (Å²) in [5, 5.41) is 12.0. The molecule has 1 fully saturated rings. The molecule has 7 nitrogen and oxygen atoms in total. The van der Waals surface area contributed by atoms with Gasteiger partial charge in [0.2, 0.25) is 0 Å². The number of nitrogens with zero attached hydrogens (tertiary/aromatic N) is 1. The van der Waals surface area contributed by atoms with Crippen molar-refractivity contribution in [3.05, 3.63) is 57.5 Å². The number of aromatic amines is 1. The maximum atomic E-state index is 14.0. The Kier molecular flexibility index (Phi) is 6.35. The Balaban J connectivity index is 1.81. The van der Waals surface area contributed by atoms with E-state index in [2.05, 4.69) is 20.0 Å². The SMILES string of the molecule is CC1(c2nc(C(=O)NC(CO)c3ccc(OC(F)(F)F)c(F)c3)cc(=O)[nH]2)CCCC1. The normalized spacial score (nSPS) is 16.7. The summed E-state index contributed by atoms with van der Waals surface area (Å²) < 4.78 is 54.4. The lowest BCUT2D eigenvalue weighted by molar-refractivity contribution is -0.275. The largest absolute Gasteiger partial charge is 0.573 e. The number of aliphatic hydroxyl groups excluding tert-OH is 1. The molecular formula is C20H21F4N3O4. The minimum atomic E-state index is -5.06. The number of halogens is 4. The molecule has 1 amide bonds. The number of hydrogen-bond donors (Lipinski definition) is 3. The van der Waals surface area contributed by atoms with Crippen LogP contribution in [-0.2, 0) is 5.41 Å². The van der Waals surface area contributed by atoms with Crippen LogP contribution in [0.15, 0.2) is 29.1 Å². The summed E-state index contributed by atoms with van der Waals surface area (Å²) in [5.74, 6) is -2.75. The molecule has 2 aromatic rings. The zero-order valence-corrected chi connectivity index (χ0v) is 16.6. The van der Waals surface area contributed by atoms with Gasteiger partial charge in [0.25, 0.3) is 11.5 Å². The van der Waals surface area contributed by atoms with Crippen LogP contribution < -0.4 is 15.6 Å². The van der Waals surface area contributed by atoms with E-state index < -0.39 is 42.0 Å². The zero-order valence-electron chi connectivity index (χ0n) is 16.6. The summed E-state index contributed by atoms with van der Waals surface area (Å²) in [6, 6.07) is 2.41. The highest BCUT2D eigenvalue weighted by Gasteiger charge is 2.34. The highest BCUT2D eigenvalue weighted by Crippen LogP contribution is 2.38. The predicted molar refractivity (Wildman–Crippen MR) is 101 cm³/mol. The first-order valence-corrected chi connectivity index (χ1v) is 9.59. The lowest BCUT2D eigenvalue weighted by atomic mass is 9.88. The number of amides is 1. The van der Waals surface area contributed by atoms with Gasteiger partial charge in [0.05, 0.1) is 12.6 Å². The van der Waals surface area contributed by atoms with Gasteiger partial charge in [-0.2, -0.15) is 0 Å². The standard InChI is InChI=1S/C20H21F4N3O4/c1-19(6-2-3-7-19)18-26-13(9-16(29)27-18)17(30)25-14(10-28)11-4-5-15(12(21)8-11)31-20(22,23)24/h4-5,8-9,14,28H,2-3,6-7,10H2,1H3,(H,25,30)(H,26,27,29). The maximum Gasteiger partial charge on any atom is 0.573 e. The molecule has 0 bridgehead atoms. The van der Waals surface area contributed by atoms with Crippen LogP contribution in [0.4, 0.5) is 17.6 Å². The number of benzene rings is 1. The zero-order chi connectivity index (χ0) is 22.8. The first-order chi connectivity index (χ1) is 14.5. The van der Waals surface area contributed by atoms with Crippen LogP contribution in [-0.4, -0.2) is 34.0 Å². The molecule has 3 N–H and O–H groups in total. The molecule has 1 aromatic heterocycles. The Morgan fingerprint density at radius 2 is 2.00 bits per heavy atom. The molecule has 11 heteroatoms. The van der Waals surface area contributed by atoms with E-state index in [4.69, 9.17) is 0 Å². The first kappa shape index (κ1) is 22.7. The van der Waals surface area contributed by atoms with Gasteiger partial charge in [-0.1, -0.05) is 25.8 Å². The van der Waals surface area contributed by atoms with Crippen LogP contribution in [0.5, 0.6) is 5.75 Å². The van der Waals surface area contributed by atoms with E-state index in [1.165, 1.54) is 0 Å². The summed E-state index contributed by atoms with van der Waals surface area (Å²) in [7, 11) is 0. The highest BCUT2D eigenvalue weighted by atomic mass is 19.4. The summed E-state index contributed by atoms with van der Waals surface area (Å²) in [5.41, 5.74) is -1.04. The molecule has 1 heterocycles. The molecule has 1 aliphatic rings. The number of ether oxygens (including phenoxy) is 1. The molecule has 0 aliphatic heterocycles. The number of alkyl halides is 3. The fourth-order valence-corrected chi connectivity index (χ4v) is 3.66. The van der Waals surface area contributed by atoms with E-state index in [0.717, 1.165) is 49.9 Å². The number of H-pyrrole nitrogens is 1. The average molecular weight is 443 g/mol.